The van der Waals surface area contributed by atoms with Crippen LogP contribution in [0, 0.1) is 0 Å². The average molecular weight is 263 g/mol. The molecule has 1 atom stereocenters. The van der Waals surface area contributed by atoms with Crippen LogP contribution in [0.1, 0.15) is 30.3 Å². The van der Waals surface area contributed by atoms with Crippen molar-refractivity contribution in [3.8, 4) is 0 Å². The van der Waals surface area contributed by atoms with Gasteiger partial charge in [-0.1, -0.05) is 0 Å². The number of amides is 1. The highest BCUT2D eigenvalue weighted by atomic mass is 16.1. The summed E-state index contributed by atoms with van der Waals surface area (Å²) in [4.78, 5) is 22.7. The van der Waals surface area contributed by atoms with Crippen LogP contribution in [0.3, 0.4) is 0 Å². The standard InChI is InChI=1S/C13H21N5O/c1-10(14-2)9-16-12(19)11-5-6-15-13(17-11)18-7-3-4-8-18/h5-6,10,14H,3-4,7-9H2,1-2H3,(H,16,19). The summed E-state index contributed by atoms with van der Waals surface area (Å²) in [6.45, 7) is 4.54. The maximum atomic E-state index is 12.0. The lowest BCUT2D eigenvalue weighted by molar-refractivity contribution is 0.0945. The molecule has 0 radical (unpaired) electrons. The molecule has 1 saturated heterocycles. The molecule has 0 aromatic carbocycles. The van der Waals surface area contributed by atoms with Crippen molar-refractivity contribution in [2.75, 3.05) is 31.6 Å². The smallest absolute Gasteiger partial charge is 0.270 e. The number of nitrogens with one attached hydrogen (secondary N) is 2. The van der Waals surface area contributed by atoms with Crippen LogP contribution in [0.25, 0.3) is 0 Å². The van der Waals surface area contributed by atoms with Crippen molar-refractivity contribution in [3.05, 3.63) is 18.0 Å². The van der Waals surface area contributed by atoms with E-state index < -0.39 is 0 Å². The Labute approximate surface area is 113 Å². The molecule has 1 fully saturated rings. The van der Waals surface area contributed by atoms with Gasteiger partial charge in [0.1, 0.15) is 5.69 Å². The van der Waals surface area contributed by atoms with Crippen LogP contribution in [0.4, 0.5) is 5.95 Å². The summed E-state index contributed by atoms with van der Waals surface area (Å²) in [5.74, 6) is 0.511. The molecule has 6 nitrogen and oxygen atoms in total. The van der Waals surface area contributed by atoms with Gasteiger partial charge in [0, 0.05) is 31.9 Å². The number of hydrogen-bond acceptors (Lipinski definition) is 5. The van der Waals surface area contributed by atoms with Crippen molar-refractivity contribution in [1.29, 1.82) is 0 Å². The SMILES string of the molecule is CNC(C)CNC(=O)c1ccnc(N2CCCC2)n1. The van der Waals surface area contributed by atoms with E-state index >= 15 is 0 Å². The van der Waals surface area contributed by atoms with E-state index in [0.29, 0.717) is 18.2 Å². The molecule has 1 aliphatic rings. The Morgan fingerprint density at radius 3 is 2.89 bits per heavy atom. The molecule has 104 valence electrons. The van der Waals surface area contributed by atoms with Crippen molar-refractivity contribution in [2.24, 2.45) is 0 Å². The van der Waals surface area contributed by atoms with Crippen LogP contribution in [0.15, 0.2) is 12.3 Å². The first-order valence-corrected chi connectivity index (χ1v) is 6.74. The Morgan fingerprint density at radius 1 is 1.47 bits per heavy atom. The van der Waals surface area contributed by atoms with E-state index in [1.807, 2.05) is 14.0 Å². The molecule has 1 aromatic heterocycles. The van der Waals surface area contributed by atoms with Crippen molar-refractivity contribution in [3.63, 3.8) is 0 Å². The normalized spacial score (nSPS) is 16.4. The fourth-order valence-corrected chi connectivity index (χ4v) is 1.98. The summed E-state index contributed by atoms with van der Waals surface area (Å²) in [6, 6.07) is 1.89. The Kier molecular flexibility index (Phi) is 4.68. The molecule has 0 bridgehead atoms. The van der Waals surface area contributed by atoms with E-state index in [0.717, 1.165) is 13.1 Å². The second-order valence-corrected chi connectivity index (χ2v) is 4.84. The maximum absolute atomic E-state index is 12.0. The monoisotopic (exact) mass is 263 g/mol. The summed E-state index contributed by atoms with van der Waals surface area (Å²) in [5.41, 5.74) is 0.431. The van der Waals surface area contributed by atoms with E-state index in [1.165, 1.54) is 12.8 Å². The molecule has 2 N–H and O–H groups in total. The molecule has 1 aromatic rings. The molecule has 19 heavy (non-hydrogen) atoms. The first-order valence-electron chi connectivity index (χ1n) is 6.74. The average Bonchev–Trinajstić information content (AvgIpc) is 2.98. The first-order chi connectivity index (χ1) is 9.20. The molecule has 2 rings (SSSR count). The van der Waals surface area contributed by atoms with E-state index in [2.05, 4.69) is 25.5 Å². The number of nitrogens with zero attached hydrogens (tertiary/aromatic N) is 3. The summed E-state index contributed by atoms with van der Waals surface area (Å²) < 4.78 is 0. The van der Waals surface area contributed by atoms with E-state index in [1.54, 1.807) is 12.3 Å². The van der Waals surface area contributed by atoms with Crippen LogP contribution < -0.4 is 15.5 Å². The lowest BCUT2D eigenvalue weighted by Crippen LogP contribution is -2.37. The predicted molar refractivity (Wildman–Crippen MR) is 74.3 cm³/mol. The molecule has 1 unspecified atom stereocenters. The number of rotatable bonds is 5. The van der Waals surface area contributed by atoms with E-state index in [4.69, 9.17) is 0 Å². The second-order valence-electron chi connectivity index (χ2n) is 4.84. The van der Waals surface area contributed by atoms with Gasteiger partial charge in [0.15, 0.2) is 0 Å². The molecule has 2 heterocycles. The summed E-state index contributed by atoms with van der Waals surface area (Å²) in [5, 5.41) is 5.93. The second kappa shape index (κ2) is 6.47. The molecule has 1 aliphatic heterocycles. The van der Waals surface area contributed by atoms with Gasteiger partial charge < -0.3 is 15.5 Å². The fraction of sp³-hybridized carbons (Fsp3) is 0.615. The van der Waals surface area contributed by atoms with Crippen molar-refractivity contribution >= 4 is 11.9 Å². The Hall–Kier alpha value is -1.69. The lowest BCUT2D eigenvalue weighted by Gasteiger charge is -2.15. The minimum absolute atomic E-state index is 0.148. The maximum Gasteiger partial charge on any atom is 0.270 e. The van der Waals surface area contributed by atoms with Gasteiger partial charge in [0.05, 0.1) is 0 Å². The number of carbonyl (C=O) groups is 1. The third kappa shape index (κ3) is 3.64. The fourth-order valence-electron chi connectivity index (χ4n) is 1.98. The van der Waals surface area contributed by atoms with Gasteiger partial charge in [-0.2, -0.15) is 0 Å². The zero-order valence-electron chi connectivity index (χ0n) is 11.5. The van der Waals surface area contributed by atoms with Crippen LogP contribution in [0.2, 0.25) is 0 Å². The summed E-state index contributed by atoms with van der Waals surface area (Å²) in [7, 11) is 1.87. The highest BCUT2D eigenvalue weighted by molar-refractivity contribution is 5.92. The first kappa shape index (κ1) is 13.7. The molecule has 0 saturated carbocycles. The third-order valence-corrected chi connectivity index (χ3v) is 3.33. The quantitative estimate of drug-likeness (QED) is 0.805. The minimum atomic E-state index is -0.148. The van der Waals surface area contributed by atoms with Gasteiger partial charge in [0.25, 0.3) is 5.91 Å². The Balaban J connectivity index is 1.99. The molecule has 1 amide bonds. The molecular formula is C13H21N5O. The van der Waals surface area contributed by atoms with Crippen molar-refractivity contribution in [2.45, 2.75) is 25.8 Å². The number of anilines is 1. The summed E-state index contributed by atoms with van der Waals surface area (Å²) in [6.07, 6.45) is 3.98. The van der Waals surface area contributed by atoms with Gasteiger partial charge in [-0.3, -0.25) is 4.79 Å². The van der Waals surface area contributed by atoms with Crippen molar-refractivity contribution in [1.82, 2.24) is 20.6 Å². The summed E-state index contributed by atoms with van der Waals surface area (Å²) >= 11 is 0. The molecule has 6 heteroatoms. The van der Waals surface area contributed by atoms with Crippen LogP contribution >= 0.6 is 0 Å². The van der Waals surface area contributed by atoms with Gasteiger partial charge in [0.2, 0.25) is 5.95 Å². The number of hydrogen-bond donors (Lipinski definition) is 2. The number of likely N-dealkylation sites (N-methyl/N-ethyl adjacent to an activating group) is 1. The minimum Gasteiger partial charge on any atom is -0.349 e. The Bertz CT molecular complexity index is 431. The molecule has 0 spiro atoms. The van der Waals surface area contributed by atoms with Crippen LogP contribution in [-0.2, 0) is 0 Å². The molecule has 0 aliphatic carbocycles. The number of carbonyl (C=O) groups excluding carboxylic acids is 1. The zero-order chi connectivity index (χ0) is 13.7. The Morgan fingerprint density at radius 2 is 2.21 bits per heavy atom. The largest absolute Gasteiger partial charge is 0.349 e. The topological polar surface area (TPSA) is 70.2 Å². The van der Waals surface area contributed by atoms with Crippen LogP contribution in [0.5, 0.6) is 0 Å². The third-order valence-electron chi connectivity index (χ3n) is 3.33. The zero-order valence-corrected chi connectivity index (χ0v) is 11.5. The van der Waals surface area contributed by atoms with E-state index in [-0.39, 0.29) is 11.9 Å². The van der Waals surface area contributed by atoms with Crippen LogP contribution in [-0.4, -0.2) is 48.6 Å². The highest BCUT2D eigenvalue weighted by Crippen LogP contribution is 2.15. The molecular weight excluding hydrogens is 242 g/mol. The predicted octanol–water partition coefficient (Wildman–Crippen LogP) is 0.415. The van der Waals surface area contributed by atoms with Crippen molar-refractivity contribution < 1.29 is 4.79 Å². The van der Waals surface area contributed by atoms with Gasteiger partial charge in [-0.05, 0) is 32.9 Å². The van der Waals surface area contributed by atoms with Gasteiger partial charge in [-0.15, -0.1) is 0 Å². The van der Waals surface area contributed by atoms with E-state index in [9.17, 15) is 4.79 Å². The van der Waals surface area contributed by atoms with Gasteiger partial charge >= 0.3 is 0 Å². The highest BCUT2D eigenvalue weighted by Gasteiger charge is 2.16. The number of aromatic nitrogens is 2. The lowest BCUT2D eigenvalue weighted by atomic mass is 10.3. The van der Waals surface area contributed by atoms with Gasteiger partial charge in [-0.25, -0.2) is 9.97 Å².